The predicted octanol–water partition coefficient (Wildman–Crippen LogP) is 5.69. The lowest BCUT2D eigenvalue weighted by Gasteiger charge is -2.26. The second-order valence-electron chi connectivity index (χ2n) is 8.33. The second kappa shape index (κ2) is 9.81. The fraction of sp³-hybridized carbons (Fsp3) is 0.115. The van der Waals surface area contributed by atoms with Crippen LogP contribution in [0.4, 0.5) is 29.3 Å². The number of carbonyl (C=O) groups excluding carboxylic acids is 3. The van der Waals surface area contributed by atoms with E-state index in [1.807, 2.05) is 13.8 Å². The van der Waals surface area contributed by atoms with Crippen LogP contribution in [0.5, 0.6) is 11.5 Å². The topological polar surface area (TPSA) is 119 Å². The number of alkyl halides is 3. The van der Waals surface area contributed by atoms with Crippen LogP contribution in [0.1, 0.15) is 22.3 Å². The van der Waals surface area contributed by atoms with E-state index in [1.165, 1.54) is 30.3 Å². The van der Waals surface area contributed by atoms with Gasteiger partial charge in [0.1, 0.15) is 11.3 Å². The maximum absolute atomic E-state index is 13.1. The molecule has 0 aromatic heterocycles. The van der Waals surface area contributed by atoms with Gasteiger partial charge in [-0.3, -0.25) is 25.0 Å². The minimum atomic E-state index is -4.76. The minimum absolute atomic E-state index is 0.0568. The molecule has 194 valence electrons. The van der Waals surface area contributed by atoms with Crippen LogP contribution < -0.4 is 15.0 Å². The third kappa shape index (κ3) is 5.24. The van der Waals surface area contributed by atoms with E-state index in [0.717, 1.165) is 22.1 Å². The molecule has 0 aliphatic carbocycles. The molecule has 0 atom stereocenters. The number of hydrogen-bond acceptors (Lipinski definition) is 6. The molecule has 38 heavy (non-hydrogen) atoms. The Morgan fingerprint density at radius 1 is 0.947 bits per heavy atom. The SMILES string of the molecule is Cc1ccc(N2C(=O)NC(=O)/C(=C\c3ccc(Oc4ccc(C(F)(F)F)cc4[N+](=O)[O-])cc3)C2=O)cc1C. The number of carbonyl (C=O) groups is 3. The van der Waals surface area contributed by atoms with Gasteiger partial charge in [0.2, 0.25) is 5.75 Å². The number of nitrogens with one attached hydrogen (secondary N) is 1. The lowest BCUT2D eigenvalue weighted by atomic mass is 10.1. The Balaban J connectivity index is 1.59. The quantitative estimate of drug-likeness (QED) is 0.198. The molecule has 3 aromatic rings. The first-order chi connectivity index (χ1) is 17.8. The van der Waals surface area contributed by atoms with E-state index in [-0.39, 0.29) is 17.0 Å². The van der Waals surface area contributed by atoms with Gasteiger partial charge in [-0.1, -0.05) is 18.2 Å². The van der Waals surface area contributed by atoms with Crippen molar-refractivity contribution >= 4 is 35.3 Å². The number of benzene rings is 3. The van der Waals surface area contributed by atoms with Gasteiger partial charge in [0.15, 0.2) is 0 Å². The van der Waals surface area contributed by atoms with E-state index >= 15 is 0 Å². The number of nitro benzene ring substituents is 1. The number of barbiturate groups is 1. The highest BCUT2D eigenvalue weighted by Crippen LogP contribution is 2.38. The van der Waals surface area contributed by atoms with E-state index in [0.29, 0.717) is 17.7 Å². The van der Waals surface area contributed by atoms with Crippen LogP contribution in [0.2, 0.25) is 0 Å². The molecule has 1 aliphatic heterocycles. The van der Waals surface area contributed by atoms with Crippen LogP contribution in [-0.4, -0.2) is 22.8 Å². The minimum Gasteiger partial charge on any atom is -0.450 e. The summed E-state index contributed by atoms with van der Waals surface area (Å²) in [5.41, 5.74) is 0.0653. The van der Waals surface area contributed by atoms with Crippen molar-refractivity contribution in [3.05, 3.63) is 98.6 Å². The number of nitro groups is 1. The Morgan fingerprint density at radius 2 is 1.63 bits per heavy atom. The number of imide groups is 2. The molecule has 4 rings (SSSR count). The summed E-state index contributed by atoms with van der Waals surface area (Å²) in [4.78, 5) is 49.0. The molecule has 9 nitrogen and oxygen atoms in total. The third-order valence-corrected chi connectivity index (χ3v) is 5.75. The van der Waals surface area contributed by atoms with Gasteiger partial charge in [-0.05, 0) is 73.0 Å². The molecule has 12 heteroatoms. The summed E-state index contributed by atoms with van der Waals surface area (Å²) >= 11 is 0. The molecule has 0 radical (unpaired) electrons. The Hall–Kier alpha value is -5.00. The van der Waals surface area contributed by atoms with Gasteiger partial charge in [0.05, 0.1) is 16.2 Å². The number of ether oxygens (including phenoxy) is 1. The van der Waals surface area contributed by atoms with Crippen LogP contribution in [0.3, 0.4) is 0 Å². The van der Waals surface area contributed by atoms with E-state index in [9.17, 15) is 37.7 Å². The second-order valence-corrected chi connectivity index (χ2v) is 8.33. The summed E-state index contributed by atoms with van der Waals surface area (Å²) in [5, 5.41) is 13.4. The largest absolute Gasteiger partial charge is 0.450 e. The summed E-state index contributed by atoms with van der Waals surface area (Å²) in [7, 11) is 0. The smallest absolute Gasteiger partial charge is 0.416 e. The van der Waals surface area contributed by atoms with Crippen molar-refractivity contribution in [2.75, 3.05) is 4.90 Å². The van der Waals surface area contributed by atoms with Crippen LogP contribution >= 0.6 is 0 Å². The molecule has 1 heterocycles. The monoisotopic (exact) mass is 525 g/mol. The fourth-order valence-corrected chi connectivity index (χ4v) is 3.61. The maximum Gasteiger partial charge on any atom is 0.416 e. The number of nitrogens with zero attached hydrogens (tertiary/aromatic N) is 2. The molecule has 0 saturated carbocycles. The first kappa shape index (κ1) is 26.1. The highest BCUT2D eigenvalue weighted by Gasteiger charge is 2.37. The molecule has 0 unspecified atom stereocenters. The third-order valence-electron chi connectivity index (χ3n) is 5.75. The summed E-state index contributed by atoms with van der Waals surface area (Å²) in [6.07, 6.45) is -3.51. The zero-order valence-electron chi connectivity index (χ0n) is 19.8. The van der Waals surface area contributed by atoms with Gasteiger partial charge in [-0.25, -0.2) is 9.69 Å². The van der Waals surface area contributed by atoms with Crippen molar-refractivity contribution < 1.29 is 37.2 Å². The van der Waals surface area contributed by atoms with Crippen molar-refractivity contribution in [2.24, 2.45) is 0 Å². The van der Waals surface area contributed by atoms with Crippen molar-refractivity contribution in [2.45, 2.75) is 20.0 Å². The summed E-state index contributed by atoms with van der Waals surface area (Å²) < 4.78 is 44.2. The van der Waals surface area contributed by atoms with E-state index < -0.39 is 45.9 Å². The lowest BCUT2D eigenvalue weighted by Crippen LogP contribution is -2.54. The van der Waals surface area contributed by atoms with Gasteiger partial charge in [0.25, 0.3) is 11.8 Å². The van der Waals surface area contributed by atoms with Crippen molar-refractivity contribution in [1.29, 1.82) is 0 Å². The molecule has 1 fully saturated rings. The zero-order chi connectivity index (χ0) is 27.8. The number of amides is 4. The van der Waals surface area contributed by atoms with E-state index in [4.69, 9.17) is 4.74 Å². The molecular formula is C26H18F3N3O6. The Kier molecular flexibility index (Phi) is 6.73. The Bertz CT molecular complexity index is 1510. The average Bonchev–Trinajstić information content (AvgIpc) is 2.84. The van der Waals surface area contributed by atoms with Gasteiger partial charge in [-0.15, -0.1) is 0 Å². The highest BCUT2D eigenvalue weighted by molar-refractivity contribution is 6.39. The van der Waals surface area contributed by atoms with Crippen molar-refractivity contribution in [3.8, 4) is 11.5 Å². The number of halogens is 3. The van der Waals surface area contributed by atoms with Crippen molar-refractivity contribution in [3.63, 3.8) is 0 Å². The molecule has 0 spiro atoms. The number of rotatable bonds is 5. The first-order valence-electron chi connectivity index (χ1n) is 11.0. The predicted molar refractivity (Wildman–Crippen MR) is 130 cm³/mol. The Morgan fingerprint density at radius 3 is 2.24 bits per heavy atom. The average molecular weight is 525 g/mol. The number of urea groups is 1. The lowest BCUT2D eigenvalue weighted by molar-refractivity contribution is -0.385. The fourth-order valence-electron chi connectivity index (χ4n) is 3.61. The summed E-state index contributed by atoms with van der Waals surface area (Å²) in [5.74, 6) is -2.07. The molecule has 1 saturated heterocycles. The standard InChI is InChI=1S/C26H18F3N3O6/c1-14-3-7-18(11-15(14)2)31-24(34)20(23(33)30-25(31)35)12-16-4-8-19(9-5-16)38-22-10-6-17(26(27,28)29)13-21(22)32(36)37/h3-13H,1-2H3,(H,30,33,35)/b20-12+. The van der Waals surface area contributed by atoms with Gasteiger partial charge in [0, 0.05) is 6.07 Å². The summed E-state index contributed by atoms with van der Waals surface area (Å²) in [6, 6.07) is 11.5. The zero-order valence-corrected chi connectivity index (χ0v) is 19.8. The molecule has 1 N–H and O–H groups in total. The molecule has 0 bridgehead atoms. The number of anilines is 1. The molecular weight excluding hydrogens is 507 g/mol. The van der Waals surface area contributed by atoms with Crippen LogP contribution in [0.15, 0.2) is 66.2 Å². The van der Waals surface area contributed by atoms with Crippen LogP contribution in [0.25, 0.3) is 6.08 Å². The highest BCUT2D eigenvalue weighted by atomic mass is 19.4. The summed E-state index contributed by atoms with van der Waals surface area (Å²) in [6.45, 7) is 3.69. The van der Waals surface area contributed by atoms with Gasteiger partial charge >= 0.3 is 17.9 Å². The van der Waals surface area contributed by atoms with Crippen molar-refractivity contribution in [1.82, 2.24) is 5.32 Å². The molecule has 4 amide bonds. The van der Waals surface area contributed by atoms with Gasteiger partial charge < -0.3 is 4.74 Å². The van der Waals surface area contributed by atoms with Crippen LogP contribution in [0, 0.1) is 24.0 Å². The number of hydrogen-bond donors (Lipinski definition) is 1. The molecule has 3 aromatic carbocycles. The van der Waals surface area contributed by atoms with Crippen LogP contribution in [-0.2, 0) is 15.8 Å². The maximum atomic E-state index is 13.1. The first-order valence-corrected chi connectivity index (χ1v) is 11.0. The molecule has 1 aliphatic rings. The Labute approximate surface area is 213 Å². The van der Waals surface area contributed by atoms with E-state index in [1.54, 1.807) is 18.2 Å². The van der Waals surface area contributed by atoms with E-state index in [2.05, 4.69) is 5.32 Å². The number of aryl methyl sites for hydroxylation is 2. The normalized spacial score (nSPS) is 15.0. The van der Waals surface area contributed by atoms with Gasteiger partial charge in [-0.2, -0.15) is 13.2 Å².